The molecule has 1 fully saturated rings. The minimum Gasteiger partial charge on any atom is -0.480 e. The van der Waals surface area contributed by atoms with Gasteiger partial charge in [0, 0.05) is 7.05 Å². The van der Waals surface area contributed by atoms with Crippen LogP contribution in [0, 0.1) is 0 Å². The molecule has 0 saturated carbocycles. The van der Waals surface area contributed by atoms with Gasteiger partial charge >= 0.3 is 5.97 Å². The summed E-state index contributed by atoms with van der Waals surface area (Å²) in [5.74, 6) is -1.03. The smallest absolute Gasteiger partial charge is 0.326 e. The lowest BCUT2D eigenvalue weighted by molar-refractivity contribution is -0.151. The summed E-state index contributed by atoms with van der Waals surface area (Å²) in [4.78, 5) is 24.9. The number of nitrogens with zero attached hydrogens (tertiary/aromatic N) is 1. The molecule has 2 unspecified atom stereocenters. The van der Waals surface area contributed by atoms with E-state index < -0.39 is 17.6 Å². The molecule has 1 aliphatic heterocycles. The lowest BCUT2D eigenvalue weighted by Gasteiger charge is -2.34. The van der Waals surface area contributed by atoms with Crippen LogP contribution in [-0.2, 0) is 9.59 Å². The summed E-state index contributed by atoms with van der Waals surface area (Å²) in [5, 5.41) is 12.3. The second kappa shape index (κ2) is 5.49. The van der Waals surface area contributed by atoms with Gasteiger partial charge in [0.15, 0.2) is 0 Å². The van der Waals surface area contributed by atoms with Crippen LogP contribution in [-0.4, -0.2) is 47.1 Å². The maximum absolute atomic E-state index is 12.4. The molecule has 0 aliphatic carbocycles. The summed E-state index contributed by atoms with van der Waals surface area (Å²) in [6, 6.07) is -0.728. The third-order valence-electron chi connectivity index (χ3n) is 3.72. The van der Waals surface area contributed by atoms with Crippen molar-refractivity contribution in [3.63, 3.8) is 0 Å². The molecule has 1 saturated heterocycles. The van der Waals surface area contributed by atoms with Crippen molar-refractivity contribution in [2.45, 2.75) is 51.1 Å². The standard InChI is InChI=1S/C12H22N2O3/c1-4-9(10(15)16)14(3)11(17)12(5-2)7-6-8-13-12/h9,13H,4-8H2,1-3H3,(H,15,16). The first-order chi connectivity index (χ1) is 7.98. The molecule has 1 amide bonds. The molecule has 5 heteroatoms. The first-order valence-corrected chi connectivity index (χ1v) is 6.23. The Morgan fingerprint density at radius 2 is 2.12 bits per heavy atom. The molecule has 0 aromatic heterocycles. The Kier molecular flexibility index (Phi) is 4.51. The van der Waals surface area contributed by atoms with E-state index in [1.807, 2.05) is 6.92 Å². The van der Waals surface area contributed by atoms with Crippen molar-refractivity contribution in [2.75, 3.05) is 13.6 Å². The fourth-order valence-corrected chi connectivity index (χ4v) is 2.54. The van der Waals surface area contributed by atoms with Crippen LogP contribution in [0.1, 0.15) is 39.5 Å². The van der Waals surface area contributed by atoms with Crippen LogP contribution in [0.5, 0.6) is 0 Å². The van der Waals surface area contributed by atoms with E-state index in [-0.39, 0.29) is 5.91 Å². The number of rotatable bonds is 5. The average Bonchev–Trinajstić information content (AvgIpc) is 2.78. The Morgan fingerprint density at radius 3 is 2.47 bits per heavy atom. The Labute approximate surface area is 102 Å². The predicted molar refractivity (Wildman–Crippen MR) is 64.7 cm³/mol. The monoisotopic (exact) mass is 242 g/mol. The van der Waals surface area contributed by atoms with E-state index in [4.69, 9.17) is 5.11 Å². The molecule has 98 valence electrons. The number of amides is 1. The summed E-state index contributed by atoms with van der Waals surface area (Å²) in [7, 11) is 1.59. The molecule has 0 radical (unpaired) electrons. The molecule has 2 atom stereocenters. The molecule has 1 heterocycles. The zero-order chi connectivity index (χ0) is 13.1. The third-order valence-corrected chi connectivity index (χ3v) is 3.72. The fraction of sp³-hybridized carbons (Fsp3) is 0.833. The van der Waals surface area contributed by atoms with Crippen molar-refractivity contribution in [2.24, 2.45) is 0 Å². The van der Waals surface area contributed by atoms with Gasteiger partial charge in [-0.2, -0.15) is 0 Å². The van der Waals surface area contributed by atoms with E-state index in [1.54, 1.807) is 14.0 Å². The van der Waals surface area contributed by atoms with E-state index in [2.05, 4.69) is 5.32 Å². The third kappa shape index (κ3) is 2.60. The van der Waals surface area contributed by atoms with E-state index >= 15 is 0 Å². The molecular formula is C12H22N2O3. The maximum Gasteiger partial charge on any atom is 0.326 e. The highest BCUT2D eigenvalue weighted by molar-refractivity contribution is 5.90. The first kappa shape index (κ1) is 14.0. The number of carbonyl (C=O) groups excluding carboxylic acids is 1. The highest BCUT2D eigenvalue weighted by Crippen LogP contribution is 2.26. The van der Waals surface area contributed by atoms with Gasteiger partial charge in [0.25, 0.3) is 0 Å². The second-order valence-corrected chi connectivity index (χ2v) is 4.64. The molecule has 0 aromatic carbocycles. The largest absolute Gasteiger partial charge is 0.480 e. The second-order valence-electron chi connectivity index (χ2n) is 4.64. The van der Waals surface area contributed by atoms with Crippen LogP contribution in [0.4, 0.5) is 0 Å². The minimum absolute atomic E-state index is 0.0910. The zero-order valence-electron chi connectivity index (χ0n) is 10.8. The van der Waals surface area contributed by atoms with Gasteiger partial charge in [-0.3, -0.25) is 4.79 Å². The summed E-state index contributed by atoms with van der Waals surface area (Å²) in [5.41, 5.74) is -0.544. The Hall–Kier alpha value is -1.10. The van der Waals surface area contributed by atoms with Gasteiger partial charge in [0.1, 0.15) is 6.04 Å². The van der Waals surface area contributed by atoms with E-state index in [9.17, 15) is 9.59 Å². The molecule has 1 rings (SSSR count). The number of likely N-dealkylation sites (N-methyl/N-ethyl adjacent to an activating group) is 1. The van der Waals surface area contributed by atoms with Crippen LogP contribution in [0.2, 0.25) is 0 Å². The van der Waals surface area contributed by atoms with Crippen molar-refractivity contribution in [3.05, 3.63) is 0 Å². The topological polar surface area (TPSA) is 69.6 Å². The lowest BCUT2D eigenvalue weighted by Crippen LogP contribution is -2.57. The quantitative estimate of drug-likeness (QED) is 0.749. The van der Waals surface area contributed by atoms with Crippen LogP contribution < -0.4 is 5.32 Å². The van der Waals surface area contributed by atoms with Gasteiger partial charge in [-0.25, -0.2) is 4.79 Å². The molecule has 2 N–H and O–H groups in total. The zero-order valence-corrected chi connectivity index (χ0v) is 10.8. The number of nitrogens with one attached hydrogen (secondary N) is 1. The normalized spacial score (nSPS) is 25.6. The van der Waals surface area contributed by atoms with Crippen LogP contribution >= 0.6 is 0 Å². The number of carbonyl (C=O) groups is 2. The highest BCUT2D eigenvalue weighted by atomic mass is 16.4. The van der Waals surface area contributed by atoms with Crippen LogP contribution in [0.3, 0.4) is 0 Å². The van der Waals surface area contributed by atoms with Crippen molar-refractivity contribution in [3.8, 4) is 0 Å². The van der Waals surface area contributed by atoms with Gasteiger partial charge in [-0.05, 0) is 32.2 Å². The average molecular weight is 242 g/mol. The first-order valence-electron chi connectivity index (χ1n) is 6.23. The highest BCUT2D eigenvalue weighted by Gasteiger charge is 2.43. The van der Waals surface area contributed by atoms with Crippen LogP contribution in [0.15, 0.2) is 0 Å². The van der Waals surface area contributed by atoms with Crippen LogP contribution in [0.25, 0.3) is 0 Å². The summed E-state index contributed by atoms with van der Waals surface area (Å²) < 4.78 is 0. The molecular weight excluding hydrogens is 220 g/mol. The van der Waals surface area contributed by atoms with Crippen molar-refractivity contribution >= 4 is 11.9 Å². The van der Waals surface area contributed by atoms with Gasteiger partial charge in [-0.1, -0.05) is 13.8 Å². The SMILES string of the molecule is CCC(C(=O)O)N(C)C(=O)C1(CC)CCCN1. The maximum atomic E-state index is 12.4. The molecule has 0 aromatic rings. The van der Waals surface area contributed by atoms with Crippen molar-refractivity contribution < 1.29 is 14.7 Å². The van der Waals surface area contributed by atoms with Crippen molar-refractivity contribution in [1.29, 1.82) is 0 Å². The molecule has 0 bridgehead atoms. The lowest BCUT2D eigenvalue weighted by atomic mass is 9.92. The van der Waals surface area contributed by atoms with Gasteiger partial charge in [0.2, 0.25) is 5.91 Å². The van der Waals surface area contributed by atoms with Gasteiger partial charge < -0.3 is 15.3 Å². The summed E-state index contributed by atoms with van der Waals surface area (Å²) in [6.07, 6.45) is 2.89. The van der Waals surface area contributed by atoms with Crippen molar-refractivity contribution in [1.82, 2.24) is 10.2 Å². The molecule has 1 aliphatic rings. The number of carboxylic acid groups (broad SMARTS) is 1. The number of hydrogen-bond donors (Lipinski definition) is 2. The van der Waals surface area contributed by atoms with E-state index in [0.717, 1.165) is 19.4 Å². The van der Waals surface area contributed by atoms with E-state index in [0.29, 0.717) is 12.8 Å². The molecule has 5 nitrogen and oxygen atoms in total. The fourth-order valence-electron chi connectivity index (χ4n) is 2.54. The number of carboxylic acids is 1. The Bertz CT molecular complexity index is 298. The Balaban J connectivity index is 2.83. The van der Waals surface area contributed by atoms with Gasteiger partial charge in [0.05, 0.1) is 5.54 Å². The Morgan fingerprint density at radius 1 is 1.47 bits per heavy atom. The molecule has 17 heavy (non-hydrogen) atoms. The van der Waals surface area contributed by atoms with Gasteiger partial charge in [-0.15, -0.1) is 0 Å². The number of hydrogen-bond acceptors (Lipinski definition) is 3. The summed E-state index contributed by atoms with van der Waals surface area (Å²) in [6.45, 7) is 4.58. The number of aliphatic carboxylic acids is 1. The predicted octanol–water partition coefficient (Wildman–Crippen LogP) is 0.840. The van der Waals surface area contributed by atoms with E-state index in [1.165, 1.54) is 4.90 Å². The summed E-state index contributed by atoms with van der Waals surface area (Å²) >= 11 is 0. The molecule has 0 spiro atoms. The minimum atomic E-state index is -0.937.